The van der Waals surface area contributed by atoms with Crippen LogP contribution in [0.5, 0.6) is 0 Å². The molecule has 20 heavy (non-hydrogen) atoms. The van der Waals surface area contributed by atoms with Crippen molar-refractivity contribution in [3.05, 3.63) is 23.8 Å². The van der Waals surface area contributed by atoms with E-state index in [0.29, 0.717) is 17.8 Å². The Morgan fingerprint density at radius 1 is 1.30 bits per heavy atom. The van der Waals surface area contributed by atoms with Gasteiger partial charge in [0.25, 0.3) is 0 Å². The summed E-state index contributed by atoms with van der Waals surface area (Å²) in [6.45, 7) is 4.33. The Kier molecular flexibility index (Phi) is 5.97. The zero-order chi connectivity index (χ0) is 15.2. The Morgan fingerprint density at radius 2 is 2.00 bits per heavy atom. The first-order valence-corrected chi connectivity index (χ1v) is 7.98. The van der Waals surface area contributed by atoms with Gasteiger partial charge in [-0.15, -0.1) is 0 Å². The smallest absolute Gasteiger partial charge is 0.319 e. The molecule has 0 spiro atoms. The molecule has 0 saturated heterocycles. The van der Waals surface area contributed by atoms with Crippen LogP contribution in [0.25, 0.3) is 0 Å². The van der Waals surface area contributed by atoms with E-state index >= 15 is 0 Å². The molecular formula is C13H21N3O3S. The van der Waals surface area contributed by atoms with Crippen molar-refractivity contribution in [3.63, 3.8) is 0 Å². The van der Waals surface area contributed by atoms with E-state index in [0.717, 1.165) is 12.8 Å². The van der Waals surface area contributed by atoms with Crippen molar-refractivity contribution >= 4 is 21.7 Å². The van der Waals surface area contributed by atoms with E-state index in [1.807, 2.05) is 6.92 Å². The van der Waals surface area contributed by atoms with E-state index in [4.69, 9.17) is 0 Å². The molecular weight excluding hydrogens is 278 g/mol. The second-order valence-corrected chi connectivity index (χ2v) is 6.28. The van der Waals surface area contributed by atoms with Crippen LogP contribution in [0.15, 0.2) is 23.1 Å². The minimum Gasteiger partial charge on any atom is -0.338 e. The third kappa shape index (κ3) is 4.50. The fraction of sp³-hybridized carbons (Fsp3) is 0.462. The number of carbonyl (C=O) groups excluding carboxylic acids is 1. The highest BCUT2D eigenvalue weighted by atomic mass is 32.2. The van der Waals surface area contributed by atoms with Crippen LogP contribution in [0, 0.1) is 6.92 Å². The number of anilines is 1. The maximum atomic E-state index is 11.8. The van der Waals surface area contributed by atoms with E-state index < -0.39 is 10.0 Å². The summed E-state index contributed by atoms with van der Waals surface area (Å²) < 4.78 is 25.9. The molecule has 0 heterocycles. The number of amides is 2. The molecule has 0 atom stereocenters. The van der Waals surface area contributed by atoms with Gasteiger partial charge in [-0.2, -0.15) is 0 Å². The Labute approximate surface area is 120 Å². The first-order chi connectivity index (χ1) is 9.40. The van der Waals surface area contributed by atoms with E-state index in [1.54, 1.807) is 19.1 Å². The summed E-state index contributed by atoms with van der Waals surface area (Å²) in [7, 11) is -2.18. The number of rotatable bonds is 6. The standard InChI is InChI=1S/C13H21N3O3S/c1-4-5-8-15-13(17)16-11-7-6-10(2)12(9-11)20(18,19)14-3/h6-7,9,14H,4-5,8H2,1-3H3,(H2,15,16,17). The van der Waals surface area contributed by atoms with E-state index in [1.165, 1.54) is 13.1 Å². The second-order valence-electron chi connectivity index (χ2n) is 4.42. The lowest BCUT2D eigenvalue weighted by atomic mass is 10.2. The number of benzene rings is 1. The largest absolute Gasteiger partial charge is 0.338 e. The van der Waals surface area contributed by atoms with Crippen LogP contribution < -0.4 is 15.4 Å². The molecule has 6 nitrogen and oxygen atoms in total. The number of nitrogens with one attached hydrogen (secondary N) is 3. The van der Waals surface area contributed by atoms with Crippen molar-refractivity contribution in [2.24, 2.45) is 0 Å². The van der Waals surface area contributed by atoms with E-state index in [9.17, 15) is 13.2 Å². The summed E-state index contributed by atoms with van der Waals surface area (Å²) in [6.07, 6.45) is 1.90. The van der Waals surface area contributed by atoms with Gasteiger partial charge in [0.05, 0.1) is 4.90 Å². The number of unbranched alkanes of at least 4 members (excludes halogenated alkanes) is 1. The third-order valence-electron chi connectivity index (χ3n) is 2.82. The van der Waals surface area contributed by atoms with Gasteiger partial charge in [0.1, 0.15) is 0 Å². The summed E-state index contributed by atoms with van der Waals surface area (Å²) in [6, 6.07) is 4.44. The molecule has 0 aliphatic heterocycles. The number of aryl methyl sites for hydroxylation is 1. The van der Waals surface area contributed by atoms with Gasteiger partial charge in [-0.05, 0) is 38.1 Å². The summed E-state index contributed by atoms with van der Waals surface area (Å²) >= 11 is 0. The average molecular weight is 299 g/mol. The van der Waals surface area contributed by atoms with Crippen molar-refractivity contribution in [2.45, 2.75) is 31.6 Å². The minimum absolute atomic E-state index is 0.159. The molecule has 0 radical (unpaired) electrons. The molecule has 1 aromatic rings. The summed E-state index contributed by atoms with van der Waals surface area (Å²) in [5, 5.41) is 5.33. The molecule has 2 amide bonds. The number of carbonyl (C=O) groups is 1. The Bertz CT molecular complexity index is 570. The molecule has 112 valence electrons. The van der Waals surface area contributed by atoms with Gasteiger partial charge in [0.2, 0.25) is 10.0 Å². The highest BCUT2D eigenvalue weighted by Gasteiger charge is 2.15. The van der Waals surface area contributed by atoms with Gasteiger partial charge in [-0.3, -0.25) is 0 Å². The van der Waals surface area contributed by atoms with Crippen molar-refractivity contribution in [1.82, 2.24) is 10.0 Å². The molecule has 0 aliphatic carbocycles. The first kappa shape index (κ1) is 16.5. The fourth-order valence-electron chi connectivity index (χ4n) is 1.63. The van der Waals surface area contributed by atoms with Crippen molar-refractivity contribution in [2.75, 3.05) is 18.9 Å². The van der Waals surface area contributed by atoms with Crippen LogP contribution in [0.2, 0.25) is 0 Å². The second kappa shape index (κ2) is 7.25. The maximum Gasteiger partial charge on any atom is 0.319 e. The Hall–Kier alpha value is -1.60. The molecule has 0 aromatic heterocycles. The van der Waals surface area contributed by atoms with Crippen molar-refractivity contribution in [1.29, 1.82) is 0 Å². The van der Waals surface area contributed by atoms with Gasteiger partial charge < -0.3 is 10.6 Å². The lowest BCUT2D eigenvalue weighted by Crippen LogP contribution is -2.29. The predicted octanol–water partition coefficient (Wildman–Crippen LogP) is 1.82. The normalized spacial score (nSPS) is 11.2. The highest BCUT2D eigenvalue weighted by molar-refractivity contribution is 7.89. The molecule has 3 N–H and O–H groups in total. The molecule has 7 heteroatoms. The zero-order valence-electron chi connectivity index (χ0n) is 12.0. The van der Waals surface area contributed by atoms with Crippen LogP contribution in [0.3, 0.4) is 0 Å². The quantitative estimate of drug-likeness (QED) is 0.700. The molecule has 0 saturated carbocycles. The number of urea groups is 1. The van der Waals surface area contributed by atoms with E-state index in [-0.39, 0.29) is 10.9 Å². The van der Waals surface area contributed by atoms with Gasteiger partial charge in [0, 0.05) is 12.2 Å². The molecule has 0 fully saturated rings. The third-order valence-corrected chi connectivity index (χ3v) is 4.38. The molecule has 0 aliphatic rings. The monoisotopic (exact) mass is 299 g/mol. The summed E-state index contributed by atoms with van der Waals surface area (Å²) in [4.78, 5) is 11.8. The van der Waals surface area contributed by atoms with Crippen LogP contribution in [0.4, 0.5) is 10.5 Å². The van der Waals surface area contributed by atoms with Gasteiger partial charge in [0.15, 0.2) is 0 Å². The topological polar surface area (TPSA) is 87.3 Å². The Balaban J connectivity index is 2.83. The molecule has 1 rings (SSSR count). The first-order valence-electron chi connectivity index (χ1n) is 6.49. The predicted molar refractivity (Wildman–Crippen MR) is 79.4 cm³/mol. The maximum absolute atomic E-state index is 11.8. The number of hydrogen-bond donors (Lipinski definition) is 3. The average Bonchev–Trinajstić information content (AvgIpc) is 2.41. The van der Waals surface area contributed by atoms with E-state index in [2.05, 4.69) is 15.4 Å². The minimum atomic E-state index is -3.53. The zero-order valence-corrected chi connectivity index (χ0v) is 12.8. The highest BCUT2D eigenvalue weighted by Crippen LogP contribution is 2.19. The fourth-order valence-corrected chi connectivity index (χ4v) is 2.63. The Morgan fingerprint density at radius 3 is 2.60 bits per heavy atom. The number of hydrogen-bond acceptors (Lipinski definition) is 3. The summed E-state index contributed by atoms with van der Waals surface area (Å²) in [5.74, 6) is 0. The lowest BCUT2D eigenvalue weighted by Gasteiger charge is -2.11. The van der Waals surface area contributed by atoms with Crippen molar-refractivity contribution < 1.29 is 13.2 Å². The summed E-state index contributed by atoms with van der Waals surface area (Å²) in [5.41, 5.74) is 1.06. The van der Waals surface area contributed by atoms with Crippen molar-refractivity contribution in [3.8, 4) is 0 Å². The van der Waals surface area contributed by atoms with Gasteiger partial charge in [-0.1, -0.05) is 19.4 Å². The molecule has 1 aromatic carbocycles. The SMILES string of the molecule is CCCCNC(=O)Nc1ccc(C)c(S(=O)(=O)NC)c1. The van der Waals surface area contributed by atoms with Crippen LogP contribution >= 0.6 is 0 Å². The molecule has 0 bridgehead atoms. The molecule has 0 unspecified atom stereocenters. The van der Waals surface area contributed by atoms with Crippen LogP contribution in [0.1, 0.15) is 25.3 Å². The van der Waals surface area contributed by atoms with Gasteiger partial charge in [-0.25, -0.2) is 17.9 Å². The van der Waals surface area contributed by atoms with Crippen LogP contribution in [-0.2, 0) is 10.0 Å². The number of sulfonamides is 1. The lowest BCUT2D eigenvalue weighted by molar-refractivity contribution is 0.252. The van der Waals surface area contributed by atoms with Crippen LogP contribution in [-0.4, -0.2) is 28.0 Å². The van der Waals surface area contributed by atoms with Gasteiger partial charge >= 0.3 is 6.03 Å².